The van der Waals surface area contributed by atoms with E-state index in [1.165, 1.54) is 29.7 Å². The van der Waals surface area contributed by atoms with Gasteiger partial charge in [-0.05, 0) is 118 Å². The van der Waals surface area contributed by atoms with Crippen molar-refractivity contribution in [3.8, 4) is 5.69 Å². The Bertz CT molecular complexity index is 2420. The number of carbonyl (C=O) groups excluding carboxylic acids is 3. The minimum absolute atomic E-state index is 0.00886. The summed E-state index contributed by atoms with van der Waals surface area (Å²) in [6, 6.07) is 15.8. The molecule has 1 spiro atoms. The average molecular weight is 867 g/mol. The zero-order valence-electron chi connectivity index (χ0n) is 35.9. The van der Waals surface area contributed by atoms with E-state index in [0.29, 0.717) is 54.2 Å². The van der Waals surface area contributed by atoms with E-state index in [2.05, 4.69) is 33.0 Å². The zero-order valence-corrected chi connectivity index (χ0v) is 36.6. The normalized spacial score (nSPS) is 24.0. The van der Waals surface area contributed by atoms with Crippen LogP contribution in [0.3, 0.4) is 0 Å². The second kappa shape index (κ2) is 17.5. The molecule has 0 bridgehead atoms. The van der Waals surface area contributed by atoms with E-state index in [-0.39, 0.29) is 41.2 Å². The Labute approximate surface area is 367 Å². The number of rotatable bonds is 5. The first-order chi connectivity index (χ1) is 30.1. The number of nitrogens with zero attached hydrogens (tertiary/aromatic N) is 5. The fourth-order valence-electron chi connectivity index (χ4n) is 11.7. The SMILES string of the molecule is CC.O=C1CCC(c2c(F)cc(N3CCN(C(=O)C4CCC(N5CCC(c6ccc7c(c6)-n6c(nc(=O)c8c(Cl)cccc86)C76CCCCC6)CC5)CC4)CC3)cc2F)C(=O)N1. The molecule has 1 atom stereocenters. The van der Waals surface area contributed by atoms with Crippen molar-refractivity contribution in [3.63, 3.8) is 0 Å². The standard InChI is InChI=1S/C47H51ClF2N6O4.C2H6/c48-35-5-4-6-38-42(35)44(59)52-46-47(17-2-1-3-18-47)34-13-9-30(25-39(34)56(38)46)28-15-19-53(20-16-28)31-10-7-29(8-11-31)45(60)55-23-21-54(22-24-55)32-26-36(49)41(37(50)27-32)33-12-14-40(57)51-43(33)58;1-2/h4-6,9,13,25-29,31,33H,1-3,7-8,10-12,14-24H2,(H,51,57,58);1-2H3. The van der Waals surface area contributed by atoms with Crippen LogP contribution >= 0.6 is 11.6 Å². The highest BCUT2D eigenvalue weighted by atomic mass is 35.5. The van der Waals surface area contributed by atoms with Gasteiger partial charge in [0, 0.05) is 55.8 Å². The topological polar surface area (TPSA) is 108 Å². The van der Waals surface area contributed by atoms with Crippen LogP contribution in [0.15, 0.2) is 53.3 Å². The number of imide groups is 1. The van der Waals surface area contributed by atoms with Crippen molar-refractivity contribution in [2.45, 2.75) is 121 Å². The number of halogens is 3. The summed E-state index contributed by atoms with van der Waals surface area (Å²) in [5.41, 5.74) is 4.24. The van der Waals surface area contributed by atoms with Gasteiger partial charge in [0.25, 0.3) is 5.56 Å². The Balaban J connectivity index is 0.00000242. The summed E-state index contributed by atoms with van der Waals surface area (Å²) in [5, 5.41) is 3.11. The molecule has 5 heterocycles. The lowest BCUT2D eigenvalue weighted by molar-refractivity contribution is -0.137. The van der Waals surface area contributed by atoms with E-state index in [4.69, 9.17) is 16.6 Å². The van der Waals surface area contributed by atoms with Crippen LogP contribution in [0.25, 0.3) is 16.6 Å². The predicted molar refractivity (Wildman–Crippen MR) is 237 cm³/mol. The summed E-state index contributed by atoms with van der Waals surface area (Å²) in [4.78, 5) is 62.2. The van der Waals surface area contributed by atoms with Crippen LogP contribution in [0, 0.1) is 17.6 Å². The molecule has 10 nitrogen and oxygen atoms in total. The largest absolute Gasteiger partial charge is 0.368 e. The third-order valence-corrected chi connectivity index (χ3v) is 15.3. The van der Waals surface area contributed by atoms with Crippen LogP contribution in [-0.2, 0) is 19.8 Å². The van der Waals surface area contributed by atoms with Gasteiger partial charge in [-0.1, -0.05) is 62.9 Å². The lowest BCUT2D eigenvalue weighted by atomic mass is 9.69. The van der Waals surface area contributed by atoms with E-state index in [0.717, 1.165) is 94.3 Å². The van der Waals surface area contributed by atoms with Gasteiger partial charge in [0.1, 0.15) is 17.5 Å². The Morgan fingerprint density at radius 3 is 2.19 bits per heavy atom. The van der Waals surface area contributed by atoms with Gasteiger partial charge < -0.3 is 14.7 Å². The molecule has 5 fully saturated rings. The highest BCUT2D eigenvalue weighted by Crippen LogP contribution is 2.52. The molecule has 3 saturated heterocycles. The summed E-state index contributed by atoms with van der Waals surface area (Å²) >= 11 is 6.61. The van der Waals surface area contributed by atoms with Crippen molar-refractivity contribution >= 4 is 45.9 Å². The molecule has 1 aromatic heterocycles. The van der Waals surface area contributed by atoms with Crippen molar-refractivity contribution in [1.82, 2.24) is 24.7 Å². The molecule has 13 heteroatoms. The van der Waals surface area contributed by atoms with E-state index < -0.39 is 29.4 Å². The number of hydrogen-bond acceptors (Lipinski definition) is 7. The van der Waals surface area contributed by atoms with Gasteiger partial charge in [-0.15, -0.1) is 0 Å². The third-order valence-electron chi connectivity index (χ3n) is 15.0. The van der Waals surface area contributed by atoms with E-state index >= 15 is 8.78 Å². The third kappa shape index (κ3) is 7.52. The van der Waals surface area contributed by atoms with Crippen LogP contribution in [0.2, 0.25) is 5.02 Å². The van der Waals surface area contributed by atoms with Crippen LogP contribution in [-0.4, -0.2) is 82.4 Å². The lowest BCUT2D eigenvalue weighted by Gasteiger charge is -2.42. The van der Waals surface area contributed by atoms with Crippen LogP contribution in [0.5, 0.6) is 0 Å². The number of benzene rings is 3. The Kier molecular flexibility index (Phi) is 12.0. The average Bonchev–Trinajstić information content (AvgIpc) is 3.55. The number of piperidine rings is 2. The van der Waals surface area contributed by atoms with Gasteiger partial charge in [-0.3, -0.25) is 29.1 Å². The van der Waals surface area contributed by atoms with Crippen molar-refractivity contribution < 1.29 is 23.2 Å². The Hall–Kier alpha value is -4.68. The van der Waals surface area contributed by atoms with Gasteiger partial charge in [0.2, 0.25) is 17.7 Å². The number of amides is 3. The quantitative estimate of drug-likeness (QED) is 0.201. The van der Waals surface area contributed by atoms with Crippen molar-refractivity contribution in [2.24, 2.45) is 5.92 Å². The lowest BCUT2D eigenvalue weighted by Crippen LogP contribution is -2.51. The molecule has 2 saturated carbocycles. The van der Waals surface area contributed by atoms with E-state index in [1.54, 1.807) is 6.07 Å². The van der Waals surface area contributed by atoms with Crippen molar-refractivity contribution in [2.75, 3.05) is 44.2 Å². The maximum absolute atomic E-state index is 15.2. The van der Waals surface area contributed by atoms with Gasteiger partial charge in [0.05, 0.1) is 32.9 Å². The number of fused-ring (bicyclic) bond motifs is 7. The summed E-state index contributed by atoms with van der Waals surface area (Å²) in [6.07, 6.45) is 11.4. The molecule has 10 rings (SSSR count). The summed E-state index contributed by atoms with van der Waals surface area (Å²) in [5.74, 6) is -2.24. The minimum Gasteiger partial charge on any atom is -0.368 e. The maximum Gasteiger partial charge on any atom is 0.282 e. The van der Waals surface area contributed by atoms with Crippen molar-refractivity contribution in [3.05, 3.63) is 98.1 Å². The highest BCUT2D eigenvalue weighted by molar-refractivity contribution is 6.35. The molecule has 1 N–H and O–H groups in total. The molecule has 1 unspecified atom stereocenters. The molecule has 328 valence electrons. The highest BCUT2D eigenvalue weighted by Gasteiger charge is 2.47. The van der Waals surface area contributed by atoms with Crippen LogP contribution in [0.4, 0.5) is 14.5 Å². The summed E-state index contributed by atoms with van der Waals surface area (Å²) in [6.45, 7) is 7.94. The number of piperazine rings is 1. The molecule has 3 amide bonds. The van der Waals surface area contributed by atoms with Gasteiger partial charge in [0.15, 0.2) is 0 Å². The molecule has 2 aliphatic carbocycles. The Morgan fingerprint density at radius 1 is 0.823 bits per heavy atom. The molecule has 0 radical (unpaired) electrons. The molecule has 6 aliphatic rings. The number of nitrogens with one attached hydrogen (secondary N) is 1. The summed E-state index contributed by atoms with van der Waals surface area (Å²) in [7, 11) is 0. The molecular formula is C49H57ClF2N6O4. The number of hydrogen-bond donors (Lipinski definition) is 1. The fraction of sp³-hybridized carbons (Fsp3) is 0.531. The zero-order chi connectivity index (χ0) is 43.3. The van der Waals surface area contributed by atoms with Gasteiger partial charge in [-0.2, -0.15) is 4.98 Å². The second-order valence-corrected chi connectivity index (χ2v) is 18.5. The number of aromatic nitrogens is 2. The first kappa shape index (κ1) is 42.6. The Morgan fingerprint density at radius 2 is 1.52 bits per heavy atom. The predicted octanol–water partition coefficient (Wildman–Crippen LogP) is 8.51. The van der Waals surface area contributed by atoms with Crippen LogP contribution < -0.4 is 15.8 Å². The molecule has 3 aromatic carbocycles. The molecular weight excluding hydrogens is 810 g/mol. The summed E-state index contributed by atoms with van der Waals surface area (Å²) < 4.78 is 32.7. The van der Waals surface area contributed by atoms with Crippen molar-refractivity contribution in [1.29, 1.82) is 0 Å². The monoisotopic (exact) mass is 866 g/mol. The first-order valence-electron chi connectivity index (χ1n) is 23.1. The fourth-order valence-corrected chi connectivity index (χ4v) is 12.0. The van der Waals surface area contributed by atoms with Gasteiger partial charge in [-0.25, -0.2) is 8.78 Å². The number of carbonyl (C=O) groups is 3. The molecule has 4 aromatic rings. The number of likely N-dealkylation sites (tertiary alicyclic amines) is 1. The minimum atomic E-state index is -1.03. The number of anilines is 1. The molecule has 62 heavy (non-hydrogen) atoms. The van der Waals surface area contributed by atoms with E-state index in [9.17, 15) is 19.2 Å². The van der Waals surface area contributed by atoms with E-state index in [1.807, 2.05) is 35.8 Å². The smallest absolute Gasteiger partial charge is 0.282 e. The van der Waals surface area contributed by atoms with Crippen LogP contribution in [0.1, 0.15) is 132 Å². The maximum atomic E-state index is 15.2. The van der Waals surface area contributed by atoms with Gasteiger partial charge >= 0.3 is 0 Å². The molecule has 4 aliphatic heterocycles. The second-order valence-electron chi connectivity index (χ2n) is 18.1. The first-order valence-corrected chi connectivity index (χ1v) is 23.4.